The molecule has 1 fully saturated rings. The van der Waals surface area contributed by atoms with Gasteiger partial charge in [0, 0.05) is 25.4 Å². The Kier molecular flexibility index (Phi) is 8.25. The maximum absolute atomic E-state index is 13.0. The molecular weight excluding hydrogens is 492 g/mol. The number of ether oxygens (including phenoxy) is 1. The molecule has 0 bridgehead atoms. The van der Waals surface area contributed by atoms with Gasteiger partial charge in [0.1, 0.15) is 13.2 Å². The van der Waals surface area contributed by atoms with Gasteiger partial charge < -0.3 is 20.1 Å². The van der Waals surface area contributed by atoms with Crippen molar-refractivity contribution in [2.75, 3.05) is 19.7 Å². The van der Waals surface area contributed by atoms with Gasteiger partial charge in [-0.25, -0.2) is 4.79 Å². The van der Waals surface area contributed by atoms with E-state index in [1.165, 1.54) is 27.2 Å². The van der Waals surface area contributed by atoms with Gasteiger partial charge in [0.25, 0.3) is 0 Å². The van der Waals surface area contributed by atoms with Gasteiger partial charge in [0.2, 0.25) is 5.91 Å². The van der Waals surface area contributed by atoms with Crippen LogP contribution in [0.15, 0.2) is 78.9 Å². The van der Waals surface area contributed by atoms with Gasteiger partial charge in [0.05, 0.1) is 0 Å². The Morgan fingerprint density at radius 2 is 1.46 bits per heavy atom. The fourth-order valence-corrected chi connectivity index (χ4v) is 6.00. The van der Waals surface area contributed by atoms with Crippen molar-refractivity contribution in [2.24, 2.45) is 11.8 Å². The van der Waals surface area contributed by atoms with Crippen LogP contribution in [0.4, 0.5) is 4.79 Å². The molecular formula is C32H34N2O5. The summed E-state index contributed by atoms with van der Waals surface area (Å²) in [7, 11) is 0. The Balaban J connectivity index is 1.08. The second-order valence-electron chi connectivity index (χ2n) is 10.6. The molecule has 2 aliphatic carbocycles. The van der Waals surface area contributed by atoms with Crippen LogP contribution >= 0.6 is 0 Å². The molecule has 3 aromatic carbocycles. The summed E-state index contributed by atoms with van der Waals surface area (Å²) in [5, 5.41) is 12.2. The predicted octanol–water partition coefficient (Wildman–Crippen LogP) is 5.44. The fraction of sp³-hybridized carbons (Fsp3) is 0.344. The first-order chi connectivity index (χ1) is 19.0. The maximum Gasteiger partial charge on any atom is 0.407 e. The zero-order valence-corrected chi connectivity index (χ0v) is 21.9. The second-order valence-corrected chi connectivity index (χ2v) is 10.6. The van der Waals surface area contributed by atoms with Crippen molar-refractivity contribution < 1.29 is 24.2 Å². The van der Waals surface area contributed by atoms with Gasteiger partial charge in [-0.2, -0.15) is 0 Å². The lowest BCUT2D eigenvalue weighted by atomic mass is 9.98. The summed E-state index contributed by atoms with van der Waals surface area (Å²) < 4.78 is 5.65. The number of hydrogen-bond acceptors (Lipinski definition) is 4. The lowest BCUT2D eigenvalue weighted by Gasteiger charge is -2.22. The molecule has 39 heavy (non-hydrogen) atoms. The first-order valence-electron chi connectivity index (χ1n) is 13.6. The summed E-state index contributed by atoms with van der Waals surface area (Å²) >= 11 is 0. The van der Waals surface area contributed by atoms with Gasteiger partial charge in [-0.1, -0.05) is 78.9 Å². The molecule has 1 saturated carbocycles. The second kappa shape index (κ2) is 12.2. The Morgan fingerprint density at radius 3 is 2.13 bits per heavy atom. The van der Waals surface area contributed by atoms with Crippen molar-refractivity contribution in [3.8, 4) is 11.1 Å². The summed E-state index contributed by atoms with van der Waals surface area (Å²) in [4.78, 5) is 38.3. The van der Waals surface area contributed by atoms with E-state index in [9.17, 15) is 19.5 Å². The number of rotatable bonds is 10. The molecule has 2 aliphatic rings. The maximum atomic E-state index is 13.0. The van der Waals surface area contributed by atoms with Crippen molar-refractivity contribution in [1.82, 2.24) is 10.2 Å². The molecule has 0 aliphatic heterocycles. The molecule has 2 unspecified atom stereocenters. The number of alkyl carbamates (subject to hydrolysis) is 1. The Bertz CT molecular complexity index is 1280. The highest BCUT2D eigenvalue weighted by Crippen LogP contribution is 2.44. The lowest BCUT2D eigenvalue weighted by Crippen LogP contribution is -2.36. The van der Waals surface area contributed by atoms with Crippen LogP contribution in [0.3, 0.4) is 0 Å². The van der Waals surface area contributed by atoms with E-state index in [0.717, 1.165) is 24.8 Å². The van der Waals surface area contributed by atoms with E-state index >= 15 is 0 Å². The molecule has 2 atom stereocenters. The van der Waals surface area contributed by atoms with E-state index in [2.05, 4.69) is 29.6 Å². The highest BCUT2D eigenvalue weighted by molar-refractivity contribution is 5.81. The van der Waals surface area contributed by atoms with Gasteiger partial charge in [-0.3, -0.25) is 9.59 Å². The summed E-state index contributed by atoms with van der Waals surface area (Å²) in [6.45, 7) is 0.755. The smallest absolute Gasteiger partial charge is 0.407 e. The van der Waals surface area contributed by atoms with Crippen LogP contribution in [0.5, 0.6) is 0 Å². The van der Waals surface area contributed by atoms with Crippen LogP contribution < -0.4 is 5.32 Å². The van der Waals surface area contributed by atoms with Gasteiger partial charge in [0.15, 0.2) is 0 Å². The van der Waals surface area contributed by atoms with E-state index in [1.807, 2.05) is 54.6 Å². The van der Waals surface area contributed by atoms with Crippen molar-refractivity contribution in [2.45, 2.75) is 38.1 Å². The number of carboxylic acid groups (broad SMARTS) is 1. The number of benzene rings is 3. The number of fused-ring (bicyclic) bond motifs is 3. The van der Waals surface area contributed by atoms with Crippen LogP contribution in [0, 0.1) is 11.8 Å². The zero-order chi connectivity index (χ0) is 27.2. The molecule has 202 valence electrons. The first-order valence-corrected chi connectivity index (χ1v) is 13.6. The summed E-state index contributed by atoms with van der Waals surface area (Å²) in [6.07, 6.45) is 2.52. The summed E-state index contributed by atoms with van der Waals surface area (Å²) in [5.41, 5.74) is 5.65. The van der Waals surface area contributed by atoms with Crippen molar-refractivity contribution in [1.29, 1.82) is 0 Å². The van der Waals surface area contributed by atoms with Gasteiger partial charge >= 0.3 is 12.1 Å². The average molecular weight is 527 g/mol. The van der Waals surface area contributed by atoms with Crippen LogP contribution in [-0.4, -0.2) is 47.7 Å². The number of carboxylic acids is 1. The third-order valence-corrected chi connectivity index (χ3v) is 7.89. The Morgan fingerprint density at radius 1 is 0.846 bits per heavy atom. The number of amides is 2. The molecule has 2 N–H and O–H groups in total. The highest BCUT2D eigenvalue weighted by atomic mass is 16.5. The van der Waals surface area contributed by atoms with Crippen molar-refractivity contribution >= 4 is 18.0 Å². The SMILES string of the molecule is O=C(O)CN(Cc1ccccc1)C(=O)CC1CCC(CNC(=O)OCC2c3ccccc3-c3ccccc32)C1. The topological polar surface area (TPSA) is 95.9 Å². The molecule has 0 aromatic heterocycles. The summed E-state index contributed by atoms with van der Waals surface area (Å²) in [6, 6.07) is 25.9. The van der Waals surface area contributed by atoms with E-state index in [0.29, 0.717) is 13.0 Å². The van der Waals surface area contributed by atoms with Gasteiger partial charge in [-0.15, -0.1) is 0 Å². The fourth-order valence-electron chi connectivity index (χ4n) is 6.00. The monoisotopic (exact) mass is 526 g/mol. The Labute approximate surface area is 228 Å². The number of nitrogens with one attached hydrogen (secondary N) is 1. The van der Waals surface area contributed by atoms with E-state index in [4.69, 9.17) is 4.74 Å². The standard InChI is InChI=1S/C32H34N2O5/c35-30(34(20-31(36)37)19-22-8-2-1-3-9-22)17-23-14-15-24(16-23)18-33-32(38)39-21-29-27-12-6-4-10-25(27)26-11-5-7-13-28(26)29/h1-13,23-24,29H,14-21H2,(H,33,38)(H,36,37). The molecule has 0 saturated heterocycles. The third-order valence-electron chi connectivity index (χ3n) is 7.89. The molecule has 0 spiro atoms. The number of carbonyl (C=O) groups excluding carboxylic acids is 2. The third kappa shape index (κ3) is 6.48. The van der Waals surface area contributed by atoms with Crippen molar-refractivity contribution in [3.05, 3.63) is 95.6 Å². The molecule has 5 rings (SSSR count). The van der Waals surface area contributed by atoms with E-state index < -0.39 is 12.1 Å². The van der Waals surface area contributed by atoms with Crippen molar-refractivity contribution in [3.63, 3.8) is 0 Å². The minimum Gasteiger partial charge on any atom is -0.480 e. The average Bonchev–Trinajstić information content (AvgIpc) is 3.52. The number of nitrogens with zero attached hydrogens (tertiary/aromatic N) is 1. The molecule has 3 aromatic rings. The zero-order valence-electron chi connectivity index (χ0n) is 21.9. The predicted molar refractivity (Wildman–Crippen MR) is 148 cm³/mol. The number of carbonyl (C=O) groups is 3. The van der Waals surface area contributed by atoms with Crippen LogP contribution in [0.2, 0.25) is 0 Å². The lowest BCUT2D eigenvalue weighted by molar-refractivity contribution is -0.145. The van der Waals surface area contributed by atoms with E-state index in [-0.39, 0.29) is 43.4 Å². The number of hydrogen-bond donors (Lipinski definition) is 2. The normalized spacial score (nSPS) is 17.7. The van der Waals surface area contributed by atoms with Gasteiger partial charge in [-0.05, 0) is 58.9 Å². The van der Waals surface area contributed by atoms with Crippen LogP contribution in [0.25, 0.3) is 11.1 Å². The summed E-state index contributed by atoms with van der Waals surface area (Å²) in [5.74, 6) is -0.689. The minimum atomic E-state index is -1.02. The minimum absolute atomic E-state index is 0.0228. The highest BCUT2D eigenvalue weighted by Gasteiger charge is 2.31. The molecule has 7 nitrogen and oxygen atoms in total. The molecule has 2 amide bonds. The van der Waals surface area contributed by atoms with E-state index in [1.54, 1.807) is 0 Å². The first kappa shape index (κ1) is 26.5. The largest absolute Gasteiger partial charge is 0.480 e. The molecule has 7 heteroatoms. The number of aliphatic carboxylic acids is 1. The Hall–Kier alpha value is -4.13. The molecule has 0 radical (unpaired) electrons. The molecule has 0 heterocycles. The quantitative estimate of drug-likeness (QED) is 0.367. The van der Waals surface area contributed by atoms with Crippen LogP contribution in [-0.2, 0) is 20.9 Å². The van der Waals surface area contributed by atoms with Crippen LogP contribution in [0.1, 0.15) is 48.3 Å².